The largest absolute Gasteiger partial charge is 0.497 e. The van der Waals surface area contributed by atoms with Gasteiger partial charge in [-0.1, -0.05) is 71.9 Å². The summed E-state index contributed by atoms with van der Waals surface area (Å²) in [6, 6.07) is 16.0. The van der Waals surface area contributed by atoms with E-state index in [0.717, 1.165) is 81.3 Å². The molecule has 0 amide bonds. The van der Waals surface area contributed by atoms with Crippen LogP contribution in [0.15, 0.2) is 67.0 Å². The molecule has 0 N–H and O–H groups in total. The minimum Gasteiger partial charge on any atom is -0.497 e. The third kappa shape index (κ3) is 50.4. The number of benzene rings is 2. The van der Waals surface area contributed by atoms with Gasteiger partial charge in [0.15, 0.2) is 23.6 Å². The maximum absolute atomic E-state index is 10.3. The van der Waals surface area contributed by atoms with Gasteiger partial charge in [-0.15, -0.1) is 0 Å². The molecule has 14 heteroatoms. The van der Waals surface area contributed by atoms with Crippen molar-refractivity contribution in [2.24, 2.45) is 0 Å². The molecular formula is C43H64N2O12. The monoisotopic (exact) mass is 800 g/mol. The Bertz CT molecular complexity index is 1270. The summed E-state index contributed by atoms with van der Waals surface area (Å²) < 4.78 is 19.3. The van der Waals surface area contributed by atoms with Gasteiger partial charge >= 0.3 is 0 Å². The normalized spacial score (nSPS) is 9.79. The average molecular weight is 801 g/mol. The topological polar surface area (TPSA) is 199 Å². The van der Waals surface area contributed by atoms with Crippen LogP contribution in [0.3, 0.4) is 0 Å². The van der Waals surface area contributed by atoms with Crippen molar-refractivity contribution < 1.29 is 57.3 Å². The fraction of sp³-hybridized carbons (Fsp3) is 0.442. The number of aromatic nitrogens is 2. The van der Waals surface area contributed by atoms with Crippen LogP contribution in [0.4, 0.5) is 0 Å². The van der Waals surface area contributed by atoms with E-state index in [0.29, 0.717) is 50.1 Å². The van der Waals surface area contributed by atoms with Gasteiger partial charge in [-0.05, 0) is 43.5 Å². The summed E-state index contributed by atoms with van der Waals surface area (Å²) in [7, 11) is 3.11. The first-order chi connectivity index (χ1) is 27.7. The van der Waals surface area contributed by atoms with Crippen molar-refractivity contribution >= 4 is 49.8 Å². The highest BCUT2D eigenvalue weighted by molar-refractivity contribution is 5.80. The van der Waals surface area contributed by atoms with Crippen molar-refractivity contribution in [1.82, 2.24) is 9.97 Å². The number of carbonyl (C=O) groups is 8. The van der Waals surface area contributed by atoms with Crippen LogP contribution in [0.2, 0.25) is 0 Å². The standard InChI is InChI=1S/C8H8O2.C7H6O.C6H6N2O2.C5H8O2.C5H10O2.C4H8O.2C3H6O.C2H6/c1-10-8-4-2-7(6-9)3-5-8;8-6-7-4-2-1-3-5-7;1-10-5-2-7-6(4-9)8-3-5;6-5-2-1-3-7-4-5;1-2-4-7-5-3-6;1-2-3-4-5;2*1-2-3-4;1-2/h2-6H,1H3;1-6H;2-4H,1H3;1-4H2;3H,2,4-5H2,1H3;4H,2-3H2,1H3;2*3H,2H2,1H3;1-2H3. The molecule has 14 nitrogen and oxygen atoms in total. The first-order valence-electron chi connectivity index (χ1n) is 18.5. The van der Waals surface area contributed by atoms with Gasteiger partial charge in [-0.3, -0.25) is 19.2 Å². The number of ketones is 1. The van der Waals surface area contributed by atoms with Gasteiger partial charge in [-0.25, -0.2) is 9.97 Å². The van der Waals surface area contributed by atoms with Crippen LogP contribution < -0.4 is 9.47 Å². The molecule has 0 atom stereocenters. The lowest BCUT2D eigenvalue weighted by Crippen LogP contribution is -2.15. The van der Waals surface area contributed by atoms with Crippen LogP contribution in [-0.2, 0) is 33.4 Å². The van der Waals surface area contributed by atoms with E-state index in [-0.39, 0.29) is 18.2 Å². The molecule has 318 valence electrons. The first-order valence-corrected chi connectivity index (χ1v) is 18.5. The summed E-state index contributed by atoms with van der Waals surface area (Å²) in [4.78, 5) is 85.2. The highest BCUT2D eigenvalue weighted by atomic mass is 16.5. The maximum atomic E-state index is 10.3. The lowest BCUT2D eigenvalue weighted by atomic mass is 10.2. The molecule has 0 radical (unpaired) electrons. The van der Waals surface area contributed by atoms with E-state index >= 15 is 0 Å². The number of rotatable bonds is 13. The zero-order valence-corrected chi connectivity index (χ0v) is 35.0. The zero-order chi connectivity index (χ0) is 44.2. The maximum Gasteiger partial charge on any atom is 0.192 e. The van der Waals surface area contributed by atoms with Gasteiger partial charge in [-0.2, -0.15) is 0 Å². The Balaban J connectivity index is -0.000000183. The Hall–Kier alpha value is -5.60. The van der Waals surface area contributed by atoms with Crippen molar-refractivity contribution in [3.8, 4) is 11.5 Å². The molecule has 1 fully saturated rings. The van der Waals surface area contributed by atoms with Crippen LogP contribution >= 0.6 is 0 Å². The SMILES string of the molecule is CC.CCC=O.CCC=O.CCCC=O.CCCOCC=O.COc1ccc(C=O)cc1.COc1cnc(C=O)nc1.O=C1CCCOC1.O=Cc1ccccc1. The lowest BCUT2D eigenvalue weighted by Gasteiger charge is -2.07. The van der Waals surface area contributed by atoms with Crippen molar-refractivity contribution in [1.29, 1.82) is 0 Å². The van der Waals surface area contributed by atoms with Crippen molar-refractivity contribution in [2.45, 2.75) is 86.5 Å². The summed E-state index contributed by atoms with van der Waals surface area (Å²) in [5.41, 5.74) is 1.40. The minimum atomic E-state index is 0.167. The molecular weight excluding hydrogens is 736 g/mol. The zero-order valence-electron chi connectivity index (χ0n) is 35.0. The minimum absolute atomic E-state index is 0.167. The van der Waals surface area contributed by atoms with Gasteiger partial charge in [0.25, 0.3) is 0 Å². The number of nitrogens with zero attached hydrogens (tertiary/aromatic N) is 2. The van der Waals surface area contributed by atoms with Crippen LogP contribution in [0.25, 0.3) is 0 Å². The summed E-state index contributed by atoms with van der Waals surface area (Å²) in [5, 5.41) is 0. The van der Waals surface area contributed by atoms with E-state index in [1.807, 2.05) is 59.7 Å². The molecule has 2 aromatic carbocycles. The molecule has 0 unspecified atom stereocenters. The molecule has 0 aliphatic carbocycles. The summed E-state index contributed by atoms with van der Waals surface area (Å²) in [6.07, 6.45) is 14.1. The molecule has 1 aromatic heterocycles. The molecule has 1 aliphatic rings. The first kappa shape index (κ1) is 60.6. The van der Waals surface area contributed by atoms with E-state index < -0.39 is 0 Å². The van der Waals surface area contributed by atoms with E-state index in [4.69, 9.17) is 18.9 Å². The number of Topliss-reactive ketones (excluding diaryl/α,β-unsaturated/α-hetero) is 1. The highest BCUT2D eigenvalue weighted by Gasteiger charge is 2.06. The molecule has 1 saturated heterocycles. The van der Waals surface area contributed by atoms with Crippen molar-refractivity contribution in [3.63, 3.8) is 0 Å². The summed E-state index contributed by atoms with van der Waals surface area (Å²) in [5.74, 6) is 1.73. The van der Waals surface area contributed by atoms with Crippen LogP contribution in [0.5, 0.6) is 11.5 Å². The van der Waals surface area contributed by atoms with E-state index in [2.05, 4.69) is 9.97 Å². The molecule has 3 aromatic rings. The molecule has 57 heavy (non-hydrogen) atoms. The predicted octanol–water partition coefficient (Wildman–Crippen LogP) is 7.48. The third-order valence-electron chi connectivity index (χ3n) is 5.46. The Morgan fingerprint density at radius 3 is 1.44 bits per heavy atom. The fourth-order valence-electron chi connectivity index (χ4n) is 2.73. The number of unbranched alkanes of at least 4 members (excludes halogenated alkanes) is 1. The number of hydrogen-bond donors (Lipinski definition) is 0. The van der Waals surface area contributed by atoms with Gasteiger partial charge in [0, 0.05) is 50.0 Å². The van der Waals surface area contributed by atoms with Gasteiger partial charge in [0.05, 0.1) is 26.6 Å². The Labute approximate surface area is 339 Å². The Kier molecular flexibility index (Phi) is 58.2. The highest BCUT2D eigenvalue weighted by Crippen LogP contribution is 2.09. The number of carbonyl (C=O) groups excluding carboxylic acids is 8. The summed E-state index contributed by atoms with van der Waals surface area (Å²) >= 11 is 0. The van der Waals surface area contributed by atoms with Crippen LogP contribution in [-0.4, -0.2) is 100 Å². The second kappa shape index (κ2) is 54.7. The Morgan fingerprint density at radius 1 is 0.649 bits per heavy atom. The smallest absolute Gasteiger partial charge is 0.192 e. The van der Waals surface area contributed by atoms with Crippen molar-refractivity contribution in [2.75, 3.05) is 40.6 Å². The predicted molar refractivity (Wildman–Crippen MR) is 221 cm³/mol. The molecule has 0 bridgehead atoms. The van der Waals surface area contributed by atoms with E-state index in [1.54, 1.807) is 43.5 Å². The van der Waals surface area contributed by atoms with Crippen LogP contribution in [0, 0.1) is 0 Å². The molecule has 4 rings (SSSR count). The number of methoxy groups -OCH3 is 2. The van der Waals surface area contributed by atoms with Crippen LogP contribution in [0.1, 0.15) is 118 Å². The second-order valence-electron chi connectivity index (χ2n) is 10.1. The molecule has 0 spiro atoms. The third-order valence-corrected chi connectivity index (χ3v) is 5.46. The number of aldehydes is 7. The molecule has 2 heterocycles. The average Bonchev–Trinajstić information content (AvgIpc) is 3.29. The molecule has 1 aliphatic heterocycles. The Morgan fingerprint density at radius 2 is 1.16 bits per heavy atom. The number of hydrogen-bond acceptors (Lipinski definition) is 14. The fourth-order valence-corrected chi connectivity index (χ4v) is 2.73. The summed E-state index contributed by atoms with van der Waals surface area (Å²) in [6.45, 7) is 13.7. The van der Waals surface area contributed by atoms with Gasteiger partial charge in [0.2, 0.25) is 0 Å². The second-order valence-corrected chi connectivity index (χ2v) is 10.1. The van der Waals surface area contributed by atoms with Gasteiger partial charge < -0.3 is 38.1 Å². The lowest BCUT2D eigenvalue weighted by molar-refractivity contribution is -0.127. The molecule has 0 saturated carbocycles. The number of ether oxygens (including phenoxy) is 4. The van der Waals surface area contributed by atoms with Crippen molar-refractivity contribution in [3.05, 3.63) is 83.9 Å². The quantitative estimate of drug-likeness (QED) is 0.122. The van der Waals surface area contributed by atoms with Gasteiger partial charge in [0.1, 0.15) is 56.7 Å². The van der Waals surface area contributed by atoms with E-state index in [1.165, 1.54) is 19.5 Å². The van der Waals surface area contributed by atoms with E-state index in [9.17, 15) is 38.4 Å².